The fourth-order valence-electron chi connectivity index (χ4n) is 2.26. The Morgan fingerprint density at radius 1 is 1.38 bits per heavy atom. The van der Waals surface area contributed by atoms with Crippen LogP contribution in [0.3, 0.4) is 0 Å². The van der Waals surface area contributed by atoms with Gasteiger partial charge < -0.3 is 10.2 Å². The molecule has 0 amide bonds. The number of rotatable bonds is 9. The lowest BCUT2D eigenvalue weighted by molar-refractivity contribution is 0.567. The van der Waals surface area contributed by atoms with E-state index < -0.39 is 0 Å². The monoisotopic (exact) mass is 308 g/mol. The first-order valence-electron chi connectivity index (χ1n) is 8.07. The molecule has 118 valence electrons. The summed E-state index contributed by atoms with van der Waals surface area (Å²) in [5, 5.41) is 4.26. The second-order valence-electron chi connectivity index (χ2n) is 6.13. The van der Waals surface area contributed by atoms with E-state index in [-0.39, 0.29) is 0 Å². The Labute approximate surface area is 133 Å². The zero-order valence-corrected chi connectivity index (χ0v) is 14.5. The van der Waals surface area contributed by atoms with E-state index in [0.29, 0.717) is 6.04 Å². The number of hydrogen-bond donors (Lipinski definition) is 1. The highest BCUT2D eigenvalue weighted by atomic mass is 32.2. The molecule has 1 aliphatic carbocycles. The standard InChI is InChI=1S/C16H28N4S/c1-5-9-17-14-11-15(19-16(18-14)21-4)20(13-6-7-13)10-8-12(2)3/h11-13H,5-10H2,1-4H3,(H,17,18,19). The van der Waals surface area contributed by atoms with Crippen molar-refractivity contribution in [1.29, 1.82) is 0 Å². The molecule has 1 aliphatic rings. The molecular weight excluding hydrogens is 280 g/mol. The van der Waals surface area contributed by atoms with Crippen molar-refractivity contribution in [3.8, 4) is 0 Å². The third kappa shape index (κ3) is 5.06. The molecule has 0 bridgehead atoms. The molecule has 0 atom stereocenters. The maximum Gasteiger partial charge on any atom is 0.191 e. The molecule has 0 saturated heterocycles. The summed E-state index contributed by atoms with van der Waals surface area (Å²) >= 11 is 1.62. The first-order chi connectivity index (χ1) is 10.1. The van der Waals surface area contributed by atoms with Gasteiger partial charge in [-0.3, -0.25) is 0 Å². The van der Waals surface area contributed by atoms with Crippen LogP contribution in [-0.2, 0) is 0 Å². The van der Waals surface area contributed by atoms with Gasteiger partial charge in [-0.15, -0.1) is 0 Å². The second kappa shape index (κ2) is 7.87. The summed E-state index contributed by atoms with van der Waals surface area (Å²) in [6.45, 7) is 8.79. The molecule has 0 unspecified atom stereocenters. The number of hydrogen-bond acceptors (Lipinski definition) is 5. The number of aromatic nitrogens is 2. The van der Waals surface area contributed by atoms with Gasteiger partial charge in [-0.2, -0.15) is 0 Å². The van der Waals surface area contributed by atoms with Crippen LogP contribution < -0.4 is 10.2 Å². The highest BCUT2D eigenvalue weighted by Gasteiger charge is 2.30. The van der Waals surface area contributed by atoms with Crippen LogP contribution in [0.1, 0.15) is 46.5 Å². The molecule has 0 radical (unpaired) electrons. The number of thioether (sulfide) groups is 1. The smallest absolute Gasteiger partial charge is 0.191 e. The Bertz CT molecular complexity index is 446. The first kappa shape index (κ1) is 16.4. The summed E-state index contributed by atoms with van der Waals surface area (Å²) in [6.07, 6.45) is 6.96. The minimum atomic E-state index is 0.687. The van der Waals surface area contributed by atoms with Gasteiger partial charge in [-0.05, 0) is 37.9 Å². The van der Waals surface area contributed by atoms with Crippen molar-refractivity contribution in [3.05, 3.63) is 6.07 Å². The van der Waals surface area contributed by atoms with E-state index in [9.17, 15) is 0 Å². The predicted octanol–water partition coefficient (Wildman–Crippen LogP) is 4.04. The van der Waals surface area contributed by atoms with E-state index in [1.165, 1.54) is 19.3 Å². The molecule has 1 aromatic rings. The van der Waals surface area contributed by atoms with Gasteiger partial charge in [0.1, 0.15) is 11.6 Å². The van der Waals surface area contributed by atoms with Gasteiger partial charge >= 0.3 is 0 Å². The Morgan fingerprint density at radius 2 is 2.14 bits per heavy atom. The molecule has 2 rings (SSSR count). The molecule has 1 fully saturated rings. The third-order valence-electron chi connectivity index (χ3n) is 3.66. The van der Waals surface area contributed by atoms with Crippen molar-refractivity contribution in [2.24, 2.45) is 5.92 Å². The Morgan fingerprint density at radius 3 is 2.71 bits per heavy atom. The summed E-state index contributed by atoms with van der Waals surface area (Å²) in [5.74, 6) is 2.78. The molecule has 0 spiro atoms. The topological polar surface area (TPSA) is 41.0 Å². The molecule has 1 heterocycles. The summed E-state index contributed by atoms with van der Waals surface area (Å²) in [6, 6.07) is 2.81. The summed E-state index contributed by atoms with van der Waals surface area (Å²) in [5.41, 5.74) is 0. The quantitative estimate of drug-likeness (QED) is 0.551. The third-order valence-corrected chi connectivity index (χ3v) is 4.21. The maximum atomic E-state index is 4.74. The number of nitrogens with one attached hydrogen (secondary N) is 1. The molecule has 0 aliphatic heterocycles. The minimum absolute atomic E-state index is 0.687. The van der Waals surface area contributed by atoms with E-state index in [4.69, 9.17) is 4.98 Å². The van der Waals surface area contributed by atoms with Gasteiger partial charge in [0.2, 0.25) is 0 Å². The Kier molecular flexibility index (Phi) is 6.15. The average molecular weight is 308 g/mol. The van der Waals surface area contributed by atoms with Gasteiger partial charge in [0.15, 0.2) is 5.16 Å². The molecule has 0 aromatic carbocycles. The average Bonchev–Trinajstić information content (AvgIpc) is 3.29. The Hall–Kier alpha value is -0.970. The van der Waals surface area contributed by atoms with Gasteiger partial charge in [0.25, 0.3) is 0 Å². The van der Waals surface area contributed by atoms with Crippen LogP contribution in [-0.4, -0.2) is 35.4 Å². The number of nitrogens with zero attached hydrogens (tertiary/aromatic N) is 3. The van der Waals surface area contributed by atoms with Crippen LogP contribution >= 0.6 is 11.8 Å². The largest absolute Gasteiger partial charge is 0.370 e. The molecule has 4 nitrogen and oxygen atoms in total. The second-order valence-corrected chi connectivity index (χ2v) is 6.91. The first-order valence-corrected chi connectivity index (χ1v) is 9.30. The summed E-state index contributed by atoms with van der Waals surface area (Å²) in [4.78, 5) is 11.8. The molecular formula is C16H28N4S. The van der Waals surface area contributed by atoms with E-state index in [2.05, 4.69) is 42.0 Å². The molecule has 1 N–H and O–H groups in total. The summed E-state index contributed by atoms with van der Waals surface area (Å²) < 4.78 is 0. The zero-order valence-electron chi connectivity index (χ0n) is 13.7. The Balaban J connectivity index is 2.17. The lowest BCUT2D eigenvalue weighted by Crippen LogP contribution is -2.29. The van der Waals surface area contributed by atoms with Crippen LogP contribution in [0.15, 0.2) is 11.2 Å². The zero-order chi connectivity index (χ0) is 15.2. The van der Waals surface area contributed by atoms with Crippen molar-refractivity contribution in [1.82, 2.24) is 9.97 Å². The van der Waals surface area contributed by atoms with E-state index in [1.54, 1.807) is 11.8 Å². The van der Waals surface area contributed by atoms with Gasteiger partial charge in [0.05, 0.1) is 0 Å². The van der Waals surface area contributed by atoms with Gasteiger partial charge in [-0.25, -0.2) is 9.97 Å². The van der Waals surface area contributed by atoms with Crippen LogP contribution in [0.5, 0.6) is 0 Å². The lowest BCUT2D eigenvalue weighted by atomic mass is 10.1. The molecule has 5 heteroatoms. The predicted molar refractivity (Wildman–Crippen MR) is 92.4 cm³/mol. The van der Waals surface area contributed by atoms with E-state index >= 15 is 0 Å². The van der Waals surface area contributed by atoms with Gasteiger partial charge in [-0.1, -0.05) is 32.5 Å². The van der Waals surface area contributed by atoms with Crippen LogP contribution in [0.2, 0.25) is 0 Å². The van der Waals surface area contributed by atoms with E-state index in [0.717, 1.165) is 42.2 Å². The van der Waals surface area contributed by atoms with Crippen molar-refractivity contribution >= 4 is 23.4 Å². The highest BCUT2D eigenvalue weighted by Crippen LogP contribution is 2.32. The normalized spacial score (nSPS) is 14.5. The highest BCUT2D eigenvalue weighted by molar-refractivity contribution is 7.98. The molecule has 1 aromatic heterocycles. The molecule has 1 saturated carbocycles. The van der Waals surface area contributed by atoms with Gasteiger partial charge in [0, 0.05) is 25.2 Å². The fourth-order valence-corrected chi connectivity index (χ4v) is 2.64. The summed E-state index contributed by atoms with van der Waals surface area (Å²) in [7, 11) is 0. The van der Waals surface area contributed by atoms with Crippen LogP contribution in [0, 0.1) is 5.92 Å². The fraction of sp³-hybridized carbons (Fsp3) is 0.750. The van der Waals surface area contributed by atoms with Crippen molar-refractivity contribution < 1.29 is 0 Å². The van der Waals surface area contributed by atoms with Crippen molar-refractivity contribution in [2.45, 2.75) is 57.7 Å². The van der Waals surface area contributed by atoms with Crippen LogP contribution in [0.4, 0.5) is 11.6 Å². The SMILES string of the molecule is CCCNc1cc(N(CCC(C)C)C2CC2)nc(SC)n1. The lowest BCUT2D eigenvalue weighted by Gasteiger charge is -2.25. The van der Waals surface area contributed by atoms with Crippen molar-refractivity contribution in [3.63, 3.8) is 0 Å². The van der Waals surface area contributed by atoms with Crippen molar-refractivity contribution in [2.75, 3.05) is 29.6 Å². The minimum Gasteiger partial charge on any atom is -0.370 e. The van der Waals surface area contributed by atoms with E-state index in [1.807, 2.05) is 6.26 Å². The van der Waals surface area contributed by atoms with Crippen LogP contribution in [0.25, 0.3) is 0 Å². The molecule has 21 heavy (non-hydrogen) atoms. The maximum absolute atomic E-state index is 4.74. The number of anilines is 2.